The van der Waals surface area contributed by atoms with Crippen LogP contribution in [-0.2, 0) is 11.1 Å². The number of benzene rings is 1. The second-order valence-electron chi connectivity index (χ2n) is 7.44. The summed E-state index contributed by atoms with van der Waals surface area (Å²) < 4.78 is 18.1. The Kier molecular flexibility index (Phi) is 5.24. The molecular formula is C20H21N4O5P. The highest BCUT2D eigenvalue weighted by atomic mass is 31.2. The van der Waals surface area contributed by atoms with Crippen LogP contribution in [0.3, 0.4) is 0 Å². The van der Waals surface area contributed by atoms with Crippen molar-refractivity contribution in [1.29, 1.82) is 5.26 Å². The summed E-state index contributed by atoms with van der Waals surface area (Å²) in [6.45, 7) is 3.04. The number of pyridine rings is 1. The molecule has 1 amide bonds. The van der Waals surface area contributed by atoms with Gasteiger partial charge in [-0.2, -0.15) is 5.26 Å². The largest absolute Gasteiger partial charge is 0.490 e. The summed E-state index contributed by atoms with van der Waals surface area (Å²) in [5, 5.41) is 9.01. The molecule has 0 unspecified atom stereocenters. The van der Waals surface area contributed by atoms with Gasteiger partial charge in [0.15, 0.2) is 0 Å². The topological polar surface area (TPSA) is 127 Å². The zero-order valence-electron chi connectivity index (χ0n) is 16.4. The highest BCUT2D eigenvalue weighted by molar-refractivity contribution is 7.50. The van der Waals surface area contributed by atoms with Gasteiger partial charge in [-0.05, 0) is 36.8 Å². The molecule has 2 N–H and O–H groups in total. The Bertz CT molecular complexity index is 1090. The molecule has 0 bridgehead atoms. The van der Waals surface area contributed by atoms with Crippen LogP contribution in [0.2, 0.25) is 0 Å². The van der Waals surface area contributed by atoms with E-state index in [1.165, 1.54) is 0 Å². The Morgan fingerprint density at radius 1 is 1.27 bits per heavy atom. The number of piperidine rings is 1. The van der Waals surface area contributed by atoms with E-state index in [0.29, 0.717) is 34.8 Å². The Hall–Kier alpha value is -2.92. The van der Waals surface area contributed by atoms with Crippen molar-refractivity contribution >= 4 is 19.5 Å². The summed E-state index contributed by atoms with van der Waals surface area (Å²) in [6, 6.07) is 10.8. The van der Waals surface area contributed by atoms with Crippen molar-refractivity contribution in [2.45, 2.75) is 32.4 Å². The highest BCUT2D eigenvalue weighted by Crippen LogP contribution is 2.46. The van der Waals surface area contributed by atoms with Gasteiger partial charge in [0.25, 0.3) is 5.91 Å². The minimum Gasteiger partial charge on any atom is -0.490 e. The van der Waals surface area contributed by atoms with Crippen LogP contribution in [0.4, 0.5) is 5.82 Å². The number of carbonyl (C=O) groups is 1. The van der Waals surface area contributed by atoms with Crippen LogP contribution in [-0.4, -0.2) is 44.5 Å². The molecule has 0 radical (unpaired) electrons. The third kappa shape index (κ3) is 3.90. The minimum absolute atomic E-state index is 0.0247. The SMILES string of the molecule is Cc1cc2c(nc1N1CCC(Oc3cccc(C#N)c3)CC1)CN(P(=O)(O)O)C2=O. The van der Waals surface area contributed by atoms with Gasteiger partial charge in [0.2, 0.25) is 0 Å². The van der Waals surface area contributed by atoms with Crippen molar-refractivity contribution < 1.29 is 23.9 Å². The fourth-order valence-electron chi connectivity index (χ4n) is 3.85. The van der Waals surface area contributed by atoms with Crippen LogP contribution < -0.4 is 9.64 Å². The zero-order chi connectivity index (χ0) is 21.5. The fraction of sp³-hybridized carbons (Fsp3) is 0.350. The molecule has 1 aromatic carbocycles. The average molecular weight is 428 g/mol. The second-order valence-corrected chi connectivity index (χ2v) is 8.95. The molecule has 156 valence electrons. The molecule has 0 atom stereocenters. The molecule has 0 saturated carbocycles. The molecule has 1 aromatic heterocycles. The van der Waals surface area contributed by atoms with Crippen LogP contribution in [0.5, 0.6) is 5.75 Å². The molecule has 0 spiro atoms. The lowest BCUT2D eigenvalue weighted by atomic mass is 10.1. The van der Waals surface area contributed by atoms with E-state index in [9.17, 15) is 19.1 Å². The van der Waals surface area contributed by atoms with Crippen molar-refractivity contribution in [2.75, 3.05) is 18.0 Å². The Labute approximate surface area is 173 Å². The molecule has 10 heteroatoms. The predicted molar refractivity (Wildman–Crippen MR) is 108 cm³/mol. The number of nitriles is 1. The first kappa shape index (κ1) is 20.4. The van der Waals surface area contributed by atoms with Gasteiger partial charge in [-0.25, -0.2) is 14.2 Å². The first-order valence-corrected chi connectivity index (χ1v) is 11.1. The van der Waals surface area contributed by atoms with Crippen molar-refractivity contribution in [1.82, 2.24) is 9.65 Å². The number of hydrogen-bond acceptors (Lipinski definition) is 6. The molecule has 2 aromatic rings. The lowest BCUT2D eigenvalue weighted by molar-refractivity contribution is 0.0847. The number of nitrogens with zero attached hydrogens (tertiary/aromatic N) is 4. The third-order valence-corrected chi connectivity index (χ3v) is 6.30. The van der Waals surface area contributed by atoms with Crippen LogP contribution in [0.25, 0.3) is 0 Å². The number of aryl methyl sites for hydroxylation is 1. The van der Waals surface area contributed by atoms with Crippen molar-refractivity contribution in [3.8, 4) is 11.8 Å². The maximum atomic E-state index is 12.3. The zero-order valence-corrected chi connectivity index (χ0v) is 17.2. The monoisotopic (exact) mass is 428 g/mol. The van der Waals surface area contributed by atoms with Gasteiger partial charge in [0, 0.05) is 25.9 Å². The van der Waals surface area contributed by atoms with Gasteiger partial charge in [0.1, 0.15) is 17.7 Å². The van der Waals surface area contributed by atoms with E-state index in [-0.39, 0.29) is 18.2 Å². The van der Waals surface area contributed by atoms with Gasteiger partial charge in [-0.15, -0.1) is 0 Å². The second kappa shape index (κ2) is 7.73. The molecule has 4 rings (SSSR count). The van der Waals surface area contributed by atoms with E-state index in [4.69, 9.17) is 10.00 Å². The Balaban J connectivity index is 1.45. The fourth-order valence-corrected chi connectivity index (χ4v) is 4.51. The van der Waals surface area contributed by atoms with Crippen LogP contribution in [0, 0.1) is 18.3 Å². The Morgan fingerprint density at radius 2 is 2.00 bits per heavy atom. The molecule has 2 aliphatic heterocycles. The lowest BCUT2D eigenvalue weighted by Gasteiger charge is -2.34. The van der Waals surface area contributed by atoms with Crippen LogP contribution >= 0.6 is 7.75 Å². The number of amides is 1. The highest BCUT2D eigenvalue weighted by Gasteiger charge is 2.40. The first-order chi connectivity index (χ1) is 14.3. The first-order valence-electron chi connectivity index (χ1n) is 9.56. The van der Waals surface area contributed by atoms with E-state index in [1.807, 2.05) is 13.0 Å². The Morgan fingerprint density at radius 3 is 2.67 bits per heavy atom. The molecule has 30 heavy (non-hydrogen) atoms. The predicted octanol–water partition coefficient (Wildman–Crippen LogP) is 2.36. The summed E-state index contributed by atoms with van der Waals surface area (Å²) in [5.74, 6) is 0.710. The summed E-state index contributed by atoms with van der Waals surface area (Å²) in [6.07, 6.45) is 1.56. The number of rotatable bonds is 4. The van der Waals surface area contributed by atoms with Crippen molar-refractivity contribution in [3.05, 3.63) is 52.7 Å². The number of carbonyl (C=O) groups excluding carboxylic acids is 1. The summed E-state index contributed by atoms with van der Waals surface area (Å²) >= 11 is 0. The number of fused-ring (bicyclic) bond motifs is 1. The lowest BCUT2D eigenvalue weighted by Crippen LogP contribution is -2.39. The summed E-state index contributed by atoms with van der Waals surface area (Å²) in [7, 11) is -4.67. The quantitative estimate of drug-likeness (QED) is 0.711. The average Bonchev–Trinajstić information content (AvgIpc) is 3.04. The summed E-state index contributed by atoms with van der Waals surface area (Å²) in [5.41, 5.74) is 1.98. The molecule has 1 fully saturated rings. The van der Waals surface area contributed by atoms with E-state index < -0.39 is 13.7 Å². The van der Waals surface area contributed by atoms with E-state index in [2.05, 4.69) is 16.0 Å². The van der Waals surface area contributed by atoms with Gasteiger partial charge in [-0.3, -0.25) is 4.79 Å². The maximum absolute atomic E-state index is 12.3. The van der Waals surface area contributed by atoms with E-state index in [1.54, 1.807) is 24.3 Å². The van der Waals surface area contributed by atoms with Crippen molar-refractivity contribution in [3.63, 3.8) is 0 Å². The summed E-state index contributed by atoms with van der Waals surface area (Å²) in [4.78, 5) is 37.7. The standard InChI is InChI=1S/C20H21N4O5P/c1-13-9-17-18(12-24(20(17)25)30(26,27)28)22-19(13)23-7-5-15(6-8-23)29-16-4-2-3-14(10-16)11-21/h2-4,9-10,15H,5-8,12H2,1H3,(H2,26,27,28). The van der Waals surface area contributed by atoms with Crippen LogP contribution in [0.15, 0.2) is 30.3 Å². The molecule has 9 nitrogen and oxygen atoms in total. The van der Waals surface area contributed by atoms with E-state index >= 15 is 0 Å². The number of hydrogen-bond donors (Lipinski definition) is 2. The number of ether oxygens (including phenoxy) is 1. The molecule has 1 saturated heterocycles. The van der Waals surface area contributed by atoms with Gasteiger partial charge in [-0.1, -0.05) is 6.07 Å². The number of aromatic nitrogens is 1. The normalized spacial score (nSPS) is 17.1. The van der Waals surface area contributed by atoms with Gasteiger partial charge in [0.05, 0.1) is 29.4 Å². The smallest absolute Gasteiger partial charge is 0.432 e. The molecule has 3 heterocycles. The third-order valence-electron chi connectivity index (χ3n) is 5.35. The molecule has 2 aliphatic rings. The van der Waals surface area contributed by atoms with Crippen molar-refractivity contribution in [2.24, 2.45) is 0 Å². The molecule has 0 aliphatic carbocycles. The minimum atomic E-state index is -4.67. The maximum Gasteiger partial charge on any atom is 0.432 e. The van der Waals surface area contributed by atoms with Crippen LogP contribution in [0.1, 0.15) is 40.0 Å². The number of anilines is 1. The van der Waals surface area contributed by atoms with E-state index in [0.717, 1.165) is 24.2 Å². The van der Waals surface area contributed by atoms with Gasteiger partial charge >= 0.3 is 7.75 Å². The molecular weight excluding hydrogens is 407 g/mol. The van der Waals surface area contributed by atoms with Gasteiger partial charge < -0.3 is 19.4 Å².